The average molecular weight is 466 g/mol. The molecule has 0 spiro atoms. The van der Waals surface area contributed by atoms with Gasteiger partial charge in [0.25, 0.3) is 0 Å². The predicted molar refractivity (Wildman–Crippen MR) is 117 cm³/mol. The zero-order valence-electron chi connectivity index (χ0n) is 17.2. The van der Waals surface area contributed by atoms with Gasteiger partial charge in [0.1, 0.15) is 0 Å². The molecule has 0 fully saturated rings. The monoisotopic (exact) mass is 466 g/mol. The Balaban J connectivity index is 1.66. The van der Waals surface area contributed by atoms with E-state index in [2.05, 4.69) is 20.6 Å². The zero-order valence-corrected chi connectivity index (χ0v) is 17.2. The fourth-order valence-corrected chi connectivity index (χ4v) is 3.79. The molecule has 0 saturated carbocycles. The number of fused-ring (bicyclic) bond motifs is 1. The van der Waals surface area contributed by atoms with E-state index < -0.39 is 29.2 Å². The maximum atomic E-state index is 13.8. The Morgan fingerprint density at radius 3 is 2.30 bits per heavy atom. The van der Waals surface area contributed by atoms with Crippen molar-refractivity contribution in [2.24, 2.45) is 4.99 Å². The molecule has 0 atom stereocenters. The molecule has 3 aromatic rings. The normalized spacial score (nSPS) is 14.4. The van der Waals surface area contributed by atoms with Crippen LogP contribution in [0.3, 0.4) is 0 Å². The molecule has 0 radical (unpaired) electrons. The fourth-order valence-electron chi connectivity index (χ4n) is 3.79. The zero-order chi connectivity index (χ0) is 23.6. The number of rotatable bonds is 6. The molecular weight excluding hydrogens is 446 g/mol. The minimum Gasteiger partial charge on any atom is -0.384 e. The number of anilines is 2. The number of aromatic nitrogens is 1. The third kappa shape index (κ3) is 5.15. The van der Waals surface area contributed by atoms with E-state index in [-0.39, 0.29) is 18.7 Å². The van der Waals surface area contributed by atoms with E-state index in [1.54, 1.807) is 6.20 Å². The number of halogens is 6. The molecule has 1 aliphatic heterocycles. The number of para-hydroxylation sites is 1. The lowest BCUT2D eigenvalue weighted by Crippen LogP contribution is -2.19. The van der Waals surface area contributed by atoms with Crippen LogP contribution in [0.4, 0.5) is 37.7 Å². The molecule has 2 heterocycles. The van der Waals surface area contributed by atoms with Crippen molar-refractivity contribution in [3.63, 3.8) is 0 Å². The van der Waals surface area contributed by atoms with Crippen molar-refractivity contribution in [3.8, 4) is 0 Å². The van der Waals surface area contributed by atoms with Crippen LogP contribution in [0.15, 0.2) is 59.4 Å². The van der Waals surface area contributed by atoms with Crippen LogP contribution in [0.2, 0.25) is 0 Å². The summed E-state index contributed by atoms with van der Waals surface area (Å²) >= 11 is 0. The number of allylic oxidation sites excluding steroid dienone is 1. The van der Waals surface area contributed by atoms with E-state index in [1.807, 2.05) is 24.3 Å². The lowest BCUT2D eigenvalue weighted by molar-refractivity contribution is -0.141. The van der Waals surface area contributed by atoms with Crippen LogP contribution in [-0.4, -0.2) is 24.3 Å². The van der Waals surface area contributed by atoms with Crippen molar-refractivity contribution in [1.29, 1.82) is 0 Å². The molecule has 4 rings (SSSR count). The number of hydrogen-bond acceptors (Lipinski definition) is 3. The highest BCUT2D eigenvalue weighted by molar-refractivity contribution is 5.83. The number of dihydropyridines is 1. The van der Waals surface area contributed by atoms with E-state index in [0.29, 0.717) is 30.8 Å². The molecule has 10 heteroatoms. The molecule has 33 heavy (non-hydrogen) atoms. The van der Waals surface area contributed by atoms with Crippen LogP contribution in [0.1, 0.15) is 23.1 Å². The Kier molecular flexibility index (Phi) is 6.09. The first-order valence-corrected chi connectivity index (χ1v) is 10.2. The van der Waals surface area contributed by atoms with Crippen molar-refractivity contribution >= 4 is 28.5 Å². The second-order valence-electron chi connectivity index (χ2n) is 7.60. The average Bonchev–Trinajstić information content (AvgIpc) is 3.17. The van der Waals surface area contributed by atoms with Crippen molar-refractivity contribution < 1.29 is 26.3 Å². The predicted octanol–water partition coefficient (Wildman–Crippen LogP) is 6.63. The number of nitrogens with one attached hydrogen (secondary N) is 3. The molecule has 2 aromatic carbocycles. The summed E-state index contributed by atoms with van der Waals surface area (Å²) in [6.07, 6.45) is -4.64. The molecule has 0 aliphatic carbocycles. The molecule has 0 bridgehead atoms. The third-order valence-corrected chi connectivity index (χ3v) is 5.32. The minimum atomic E-state index is -4.98. The van der Waals surface area contributed by atoms with Gasteiger partial charge in [0.2, 0.25) is 0 Å². The van der Waals surface area contributed by atoms with Gasteiger partial charge < -0.3 is 15.6 Å². The van der Waals surface area contributed by atoms with E-state index in [0.717, 1.165) is 16.5 Å². The van der Waals surface area contributed by atoms with Crippen molar-refractivity contribution in [2.45, 2.75) is 25.2 Å². The summed E-state index contributed by atoms with van der Waals surface area (Å²) in [7, 11) is 0. The van der Waals surface area contributed by atoms with Gasteiger partial charge in [0.15, 0.2) is 0 Å². The van der Waals surface area contributed by atoms with Crippen molar-refractivity contribution in [2.75, 3.05) is 23.7 Å². The number of hydrogen-bond donors (Lipinski definition) is 3. The Morgan fingerprint density at radius 1 is 0.970 bits per heavy atom. The Labute approximate surface area is 185 Å². The van der Waals surface area contributed by atoms with Gasteiger partial charge in [-0.15, -0.1) is 0 Å². The van der Waals surface area contributed by atoms with Gasteiger partial charge in [0.05, 0.1) is 16.8 Å². The highest BCUT2D eigenvalue weighted by Crippen LogP contribution is 2.45. The number of aromatic amines is 1. The first-order valence-electron chi connectivity index (χ1n) is 10.2. The SMILES string of the molecule is FC(F)(F)c1cc(NC2=CC=NCC2)cc(C(F)(F)F)c1NCCc1c[nH]c2ccccc12. The molecule has 1 aromatic heterocycles. The number of alkyl halides is 6. The summed E-state index contributed by atoms with van der Waals surface area (Å²) in [6, 6.07) is 8.74. The van der Waals surface area contributed by atoms with Crippen LogP contribution in [0.5, 0.6) is 0 Å². The lowest BCUT2D eigenvalue weighted by Gasteiger charge is -2.22. The highest BCUT2D eigenvalue weighted by atomic mass is 19.4. The molecule has 1 aliphatic rings. The number of benzene rings is 2. The van der Waals surface area contributed by atoms with Crippen LogP contribution < -0.4 is 10.6 Å². The summed E-state index contributed by atoms with van der Waals surface area (Å²) in [5.41, 5.74) is -1.86. The second kappa shape index (κ2) is 8.84. The van der Waals surface area contributed by atoms with Crippen molar-refractivity contribution in [3.05, 3.63) is 71.1 Å². The number of H-pyrrole nitrogens is 1. The quantitative estimate of drug-likeness (QED) is 0.357. The Bertz CT molecular complexity index is 1170. The molecule has 0 amide bonds. The maximum Gasteiger partial charge on any atom is 0.418 e. The van der Waals surface area contributed by atoms with Gasteiger partial charge in [-0.1, -0.05) is 18.2 Å². The van der Waals surface area contributed by atoms with E-state index in [1.165, 1.54) is 12.3 Å². The standard InChI is InChI=1S/C23H20F6N4/c24-22(25,26)18-11-16(33-15-6-8-30-9-7-15)12-19(23(27,28)29)21(18)31-10-5-14-13-32-20-4-2-1-3-17(14)20/h1-4,6,8,11-13,31-33H,5,7,9-10H2. The lowest BCUT2D eigenvalue weighted by atomic mass is 10.0. The number of aliphatic imine (C=N–C) groups is 1. The number of nitrogens with zero attached hydrogens (tertiary/aromatic N) is 1. The van der Waals surface area contributed by atoms with Gasteiger partial charge in [-0.3, -0.25) is 4.99 Å². The van der Waals surface area contributed by atoms with Gasteiger partial charge in [-0.05, 0) is 36.3 Å². The van der Waals surface area contributed by atoms with Crippen molar-refractivity contribution in [1.82, 2.24) is 4.98 Å². The summed E-state index contributed by atoms with van der Waals surface area (Å²) in [6.45, 7) is 0.299. The molecule has 174 valence electrons. The van der Waals surface area contributed by atoms with Crippen LogP contribution in [0.25, 0.3) is 10.9 Å². The summed E-state index contributed by atoms with van der Waals surface area (Å²) in [5, 5.41) is 5.95. The largest absolute Gasteiger partial charge is 0.418 e. The summed E-state index contributed by atoms with van der Waals surface area (Å²) in [4.78, 5) is 7.00. The molecule has 0 unspecified atom stereocenters. The first-order chi connectivity index (χ1) is 15.6. The van der Waals surface area contributed by atoms with E-state index in [9.17, 15) is 26.3 Å². The van der Waals surface area contributed by atoms with Gasteiger partial charge >= 0.3 is 12.4 Å². The summed E-state index contributed by atoms with van der Waals surface area (Å²) < 4.78 is 82.8. The minimum absolute atomic E-state index is 0.109. The maximum absolute atomic E-state index is 13.8. The smallest absolute Gasteiger partial charge is 0.384 e. The Hall–Kier alpha value is -3.43. The summed E-state index contributed by atoms with van der Waals surface area (Å²) in [5.74, 6) is 0. The highest BCUT2D eigenvalue weighted by Gasteiger charge is 2.41. The van der Waals surface area contributed by atoms with Crippen LogP contribution in [-0.2, 0) is 18.8 Å². The van der Waals surface area contributed by atoms with Crippen LogP contribution in [0, 0.1) is 0 Å². The fraction of sp³-hybridized carbons (Fsp3) is 0.261. The van der Waals surface area contributed by atoms with Gasteiger partial charge in [-0.25, -0.2) is 0 Å². The van der Waals surface area contributed by atoms with Gasteiger partial charge in [0, 0.05) is 54.2 Å². The molecule has 4 nitrogen and oxygen atoms in total. The van der Waals surface area contributed by atoms with Crippen LogP contribution >= 0.6 is 0 Å². The first kappa shape index (κ1) is 22.8. The third-order valence-electron chi connectivity index (χ3n) is 5.32. The van der Waals surface area contributed by atoms with E-state index >= 15 is 0 Å². The molecule has 0 saturated heterocycles. The molecular formula is C23H20F6N4. The topological polar surface area (TPSA) is 52.2 Å². The molecule has 3 N–H and O–H groups in total. The Morgan fingerprint density at radius 2 is 1.67 bits per heavy atom. The van der Waals surface area contributed by atoms with E-state index in [4.69, 9.17) is 0 Å². The van der Waals surface area contributed by atoms with Gasteiger partial charge in [-0.2, -0.15) is 26.3 Å². The second-order valence-corrected chi connectivity index (χ2v) is 7.60.